The summed E-state index contributed by atoms with van der Waals surface area (Å²) in [7, 11) is 0. The van der Waals surface area contributed by atoms with Crippen molar-refractivity contribution < 1.29 is 14.6 Å². The summed E-state index contributed by atoms with van der Waals surface area (Å²) in [6.07, 6.45) is 0.569. The van der Waals surface area contributed by atoms with Crippen LogP contribution >= 0.6 is 0 Å². The number of aliphatic hydroxyl groups is 1. The fourth-order valence-corrected chi connectivity index (χ4v) is 2.49. The normalized spacial score (nSPS) is 27.5. The van der Waals surface area contributed by atoms with Crippen LogP contribution in [-0.2, 0) is 16.1 Å². The van der Waals surface area contributed by atoms with Gasteiger partial charge in [-0.2, -0.15) is 0 Å². The first-order chi connectivity index (χ1) is 9.04. The lowest BCUT2D eigenvalue weighted by atomic mass is 9.91. The molecule has 1 aromatic carbocycles. The Morgan fingerprint density at radius 1 is 1.32 bits per heavy atom. The van der Waals surface area contributed by atoms with Crippen LogP contribution in [0.2, 0.25) is 0 Å². The third-order valence-electron chi connectivity index (χ3n) is 3.83. The summed E-state index contributed by atoms with van der Waals surface area (Å²) in [6.45, 7) is 7.32. The first-order valence-electron chi connectivity index (χ1n) is 7.01. The van der Waals surface area contributed by atoms with Crippen molar-refractivity contribution in [2.75, 3.05) is 6.61 Å². The Kier molecular flexibility index (Phi) is 4.61. The van der Waals surface area contributed by atoms with Crippen LogP contribution in [0.25, 0.3) is 0 Å². The minimum Gasteiger partial charge on any atom is -0.390 e. The van der Waals surface area contributed by atoms with Gasteiger partial charge in [0.15, 0.2) is 0 Å². The van der Waals surface area contributed by atoms with Gasteiger partial charge in [0, 0.05) is 6.61 Å². The molecule has 0 amide bonds. The summed E-state index contributed by atoms with van der Waals surface area (Å²) >= 11 is 0. The molecule has 19 heavy (non-hydrogen) atoms. The molecule has 1 N–H and O–H groups in total. The third-order valence-corrected chi connectivity index (χ3v) is 3.83. The van der Waals surface area contributed by atoms with Gasteiger partial charge < -0.3 is 14.6 Å². The Morgan fingerprint density at radius 3 is 2.63 bits per heavy atom. The number of rotatable bonds is 7. The van der Waals surface area contributed by atoms with Crippen LogP contribution in [0, 0.1) is 5.92 Å². The van der Waals surface area contributed by atoms with Crippen LogP contribution in [0.3, 0.4) is 0 Å². The van der Waals surface area contributed by atoms with Gasteiger partial charge in [-0.25, -0.2) is 0 Å². The van der Waals surface area contributed by atoms with E-state index < -0.39 is 6.10 Å². The molecule has 2 rings (SSSR count). The quantitative estimate of drug-likeness (QED) is 0.608. The van der Waals surface area contributed by atoms with E-state index >= 15 is 0 Å². The molecular formula is C16H24O3. The molecule has 0 spiro atoms. The Hall–Kier alpha value is -0.900. The van der Waals surface area contributed by atoms with Crippen LogP contribution in [0.15, 0.2) is 30.3 Å². The molecule has 3 atom stereocenters. The van der Waals surface area contributed by atoms with Gasteiger partial charge in [-0.3, -0.25) is 0 Å². The van der Waals surface area contributed by atoms with E-state index in [0.717, 1.165) is 6.42 Å². The maximum absolute atomic E-state index is 10.1. The van der Waals surface area contributed by atoms with Crippen molar-refractivity contribution in [3.63, 3.8) is 0 Å². The Balaban J connectivity index is 1.66. The Labute approximate surface area is 115 Å². The van der Waals surface area contributed by atoms with E-state index in [2.05, 4.69) is 12.1 Å². The zero-order valence-electron chi connectivity index (χ0n) is 12.0. The molecule has 0 saturated carbocycles. The maximum Gasteiger partial charge on any atom is 0.118 e. The maximum atomic E-state index is 10.1. The smallest absolute Gasteiger partial charge is 0.118 e. The summed E-state index contributed by atoms with van der Waals surface area (Å²) in [5.74, 6) is 0.222. The van der Waals surface area contributed by atoms with Gasteiger partial charge in [0.05, 0.1) is 18.8 Å². The van der Waals surface area contributed by atoms with Crippen molar-refractivity contribution in [2.24, 2.45) is 5.92 Å². The zero-order chi connectivity index (χ0) is 13.9. The van der Waals surface area contributed by atoms with Crippen molar-refractivity contribution in [2.45, 2.75) is 51.6 Å². The van der Waals surface area contributed by atoms with Crippen molar-refractivity contribution in [3.8, 4) is 0 Å². The van der Waals surface area contributed by atoms with E-state index in [4.69, 9.17) is 9.47 Å². The molecule has 0 unspecified atom stereocenters. The molecule has 1 aliphatic rings. The summed E-state index contributed by atoms with van der Waals surface area (Å²) < 4.78 is 11.3. The van der Waals surface area contributed by atoms with Crippen LogP contribution < -0.4 is 0 Å². The van der Waals surface area contributed by atoms with Crippen LogP contribution in [0.5, 0.6) is 0 Å². The minimum atomic E-state index is -0.397. The van der Waals surface area contributed by atoms with E-state index in [1.54, 1.807) is 0 Å². The lowest BCUT2D eigenvalue weighted by Crippen LogP contribution is -2.33. The predicted octanol–water partition coefficient (Wildman–Crippen LogP) is 2.77. The van der Waals surface area contributed by atoms with Gasteiger partial charge in [-0.05, 0) is 24.8 Å². The van der Waals surface area contributed by atoms with Gasteiger partial charge in [-0.15, -0.1) is 0 Å². The molecular weight excluding hydrogens is 240 g/mol. The highest BCUT2D eigenvalue weighted by Crippen LogP contribution is 2.43. The number of aliphatic hydroxyl groups excluding tert-OH is 1. The van der Waals surface area contributed by atoms with E-state index in [1.807, 2.05) is 39.0 Å². The molecule has 0 radical (unpaired) electrons. The summed E-state index contributed by atoms with van der Waals surface area (Å²) in [6, 6.07) is 10.1. The topological polar surface area (TPSA) is 42.0 Å². The van der Waals surface area contributed by atoms with E-state index in [0.29, 0.717) is 13.2 Å². The van der Waals surface area contributed by atoms with Crippen molar-refractivity contribution >= 4 is 0 Å². The molecule has 3 heteroatoms. The van der Waals surface area contributed by atoms with Gasteiger partial charge in [0.2, 0.25) is 0 Å². The van der Waals surface area contributed by atoms with E-state index in [-0.39, 0.29) is 17.6 Å². The summed E-state index contributed by atoms with van der Waals surface area (Å²) in [5.41, 5.74) is 0.814. The second-order valence-corrected chi connectivity index (χ2v) is 5.81. The van der Waals surface area contributed by atoms with Gasteiger partial charge in [0.25, 0.3) is 0 Å². The Morgan fingerprint density at radius 2 is 2.00 bits per heavy atom. The molecule has 0 aromatic heterocycles. The fourth-order valence-electron chi connectivity index (χ4n) is 2.49. The van der Waals surface area contributed by atoms with E-state index in [1.165, 1.54) is 5.56 Å². The second kappa shape index (κ2) is 6.04. The molecule has 3 nitrogen and oxygen atoms in total. The van der Waals surface area contributed by atoms with Crippen molar-refractivity contribution in [1.29, 1.82) is 0 Å². The first-order valence-corrected chi connectivity index (χ1v) is 7.01. The molecule has 1 heterocycles. The highest BCUT2D eigenvalue weighted by atomic mass is 16.6. The molecule has 0 bridgehead atoms. The molecule has 1 fully saturated rings. The lowest BCUT2D eigenvalue weighted by Gasteiger charge is -2.19. The average molecular weight is 264 g/mol. The minimum absolute atomic E-state index is 0.126. The first kappa shape index (κ1) is 14.5. The van der Waals surface area contributed by atoms with Crippen molar-refractivity contribution in [3.05, 3.63) is 35.9 Å². The standard InChI is InChI=1S/C16H24O3/c1-12(2)15(17)16(3)14(19-16)9-10-18-11-13-7-5-4-6-8-13/h4-8,12,14-15,17H,9-11H2,1-3H3/t14-,15-,16+/m1/s1. The summed E-state index contributed by atoms with van der Waals surface area (Å²) in [5, 5.41) is 10.1. The molecule has 1 saturated heterocycles. The highest BCUT2D eigenvalue weighted by molar-refractivity contribution is 5.13. The number of epoxide rings is 1. The second-order valence-electron chi connectivity index (χ2n) is 5.81. The molecule has 0 aliphatic carbocycles. The zero-order valence-corrected chi connectivity index (χ0v) is 12.0. The monoisotopic (exact) mass is 264 g/mol. The molecule has 1 aromatic rings. The number of benzene rings is 1. The third kappa shape index (κ3) is 3.56. The lowest BCUT2D eigenvalue weighted by molar-refractivity contribution is 0.0473. The van der Waals surface area contributed by atoms with E-state index in [9.17, 15) is 5.11 Å². The number of ether oxygens (including phenoxy) is 2. The molecule has 1 aliphatic heterocycles. The highest BCUT2D eigenvalue weighted by Gasteiger charge is 2.57. The Bertz CT molecular complexity index is 390. The average Bonchev–Trinajstić information content (AvgIpc) is 3.07. The van der Waals surface area contributed by atoms with Crippen LogP contribution in [0.1, 0.15) is 32.8 Å². The SMILES string of the molecule is CC(C)[C@@H](O)[C@@]1(C)O[C@@H]1CCOCc1ccccc1. The van der Waals surface area contributed by atoms with Gasteiger partial charge >= 0.3 is 0 Å². The fraction of sp³-hybridized carbons (Fsp3) is 0.625. The van der Waals surface area contributed by atoms with Crippen LogP contribution in [0.4, 0.5) is 0 Å². The number of hydrogen-bond donors (Lipinski definition) is 1. The van der Waals surface area contributed by atoms with Crippen LogP contribution in [-0.4, -0.2) is 29.5 Å². The van der Waals surface area contributed by atoms with Gasteiger partial charge in [0.1, 0.15) is 5.60 Å². The molecule has 106 valence electrons. The predicted molar refractivity (Wildman–Crippen MR) is 74.8 cm³/mol. The summed E-state index contributed by atoms with van der Waals surface area (Å²) in [4.78, 5) is 0. The largest absolute Gasteiger partial charge is 0.390 e. The van der Waals surface area contributed by atoms with Gasteiger partial charge in [-0.1, -0.05) is 44.2 Å². The number of hydrogen-bond acceptors (Lipinski definition) is 3. The van der Waals surface area contributed by atoms with Crippen molar-refractivity contribution in [1.82, 2.24) is 0 Å².